The van der Waals surface area contributed by atoms with Crippen LogP contribution in [-0.2, 0) is 12.8 Å². The number of carbonyl (C=O) groups is 1. The Balaban J connectivity index is 1.45. The molecule has 2 aromatic heterocycles. The van der Waals surface area contributed by atoms with Gasteiger partial charge in [-0.15, -0.1) is 16.4 Å². The van der Waals surface area contributed by atoms with E-state index in [1.165, 1.54) is 27.9 Å². The molecule has 2 heterocycles. The van der Waals surface area contributed by atoms with E-state index in [2.05, 4.69) is 45.1 Å². The number of rotatable bonds is 3. The molecule has 28 heavy (non-hydrogen) atoms. The van der Waals surface area contributed by atoms with Crippen LogP contribution in [-0.4, -0.2) is 26.1 Å². The largest absolute Gasteiger partial charge is 0.321 e. The van der Waals surface area contributed by atoms with Gasteiger partial charge in [0.05, 0.1) is 10.6 Å². The van der Waals surface area contributed by atoms with E-state index in [9.17, 15) is 4.79 Å². The fourth-order valence-corrected chi connectivity index (χ4v) is 4.70. The molecule has 0 radical (unpaired) electrons. The van der Waals surface area contributed by atoms with Gasteiger partial charge in [-0.25, -0.2) is 4.68 Å². The first-order valence-corrected chi connectivity index (χ1v) is 9.87. The summed E-state index contributed by atoms with van der Waals surface area (Å²) in [5, 5.41) is 14.3. The van der Waals surface area contributed by atoms with E-state index in [1.807, 2.05) is 31.2 Å². The van der Waals surface area contributed by atoms with Crippen molar-refractivity contribution in [2.75, 3.05) is 5.32 Å². The van der Waals surface area contributed by atoms with E-state index in [0.717, 1.165) is 34.7 Å². The predicted molar refractivity (Wildman–Crippen MR) is 109 cm³/mol. The maximum absolute atomic E-state index is 12.9. The molecular weight excluding hydrogens is 370 g/mol. The Morgan fingerprint density at radius 2 is 1.96 bits per heavy atom. The summed E-state index contributed by atoms with van der Waals surface area (Å²) in [5.41, 5.74) is 6.40. The van der Waals surface area contributed by atoms with Crippen molar-refractivity contribution in [2.45, 2.75) is 19.8 Å². The van der Waals surface area contributed by atoms with Crippen molar-refractivity contribution >= 4 is 22.9 Å². The highest BCUT2D eigenvalue weighted by Gasteiger charge is 2.21. The third kappa shape index (κ3) is 2.90. The second kappa shape index (κ2) is 6.69. The molecular formula is C21H17N5OS. The smallest absolute Gasteiger partial charge is 0.265 e. The van der Waals surface area contributed by atoms with Crippen LogP contribution in [0.3, 0.4) is 0 Å². The van der Waals surface area contributed by atoms with Gasteiger partial charge in [0.15, 0.2) is 0 Å². The molecule has 2 aromatic carbocycles. The van der Waals surface area contributed by atoms with Gasteiger partial charge in [-0.3, -0.25) is 4.79 Å². The molecule has 0 saturated carbocycles. The van der Waals surface area contributed by atoms with Gasteiger partial charge in [0.25, 0.3) is 5.91 Å². The molecule has 1 amide bonds. The van der Waals surface area contributed by atoms with Gasteiger partial charge < -0.3 is 5.32 Å². The first-order chi connectivity index (χ1) is 13.7. The van der Waals surface area contributed by atoms with Crippen LogP contribution >= 0.6 is 11.3 Å². The first-order valence-electron chi connectivity index (χ1n) is 9.05. The number of aromatic nitrogens is 4. The summed E-state index contributed by atoms with van der Waals surface area (Å²) in [4.78, 5) is 14.9. The molecule has 0 saturated heterocycles. The minimum atomic E-state index is -0.0890. The number of carbonyl (C=O) groups excluding carboxylic acids is 1. The minimum Gasteiger partial charge on any atom is -0.321 e. The summed E-state index contributed by atoms with van der Waals surface area (Å²) in [6, 6.07) is 16.2. The van der Waals surface area contributed by atoms with Gasteiger partial charge in [0, 0.05) is 10.6 Å². The van der Waals surface area contributed by atoms with Crippen molar-refractivity contribution in [3.8, 4) is 16.1 Å². The molecule has 138 valence electrons. The number of anilines is 1. The Morgan fingerprint density at radius 1 is 1.11 bits per heavy atom. The molecule has 0 spiro atoms. The molecule has 0 aliphatic heterocycles. The number of hydrogen-bond donors (Lipinski definition) is 1. The maximum Gasteiger partial charge on any atom is 0.265 e. The summed E-state index contributed by atoms with van der Waals surface area (Å²) < 4.78 is 1.57. The van der Waals surface area contributed by atoms with Crippen molar-refractivity contribution in [1.29, 1.82) is 0 Å². The molecule has 0 fully saturated rings. The molecule has 4 aromatic rings. The zero-order chi connectivity index (χ0) is 19.1. The normalized spacial score (nSPS) is 12.3. The number of benzene rings is 2. The second-order valence-corrected chi connectivity index (χ2v) is 7.88. The zero-order valence-electron chi connectivity index (χ0n) is 15.2. The Labute approximate surface area is 165 Å². The number of amides is 1. The number of nitrogens with zero attached hydrogens (tertiary/aromatic N) is 4. The second-order valence-electron chi connectivity index (χ2n) is 6.83. The summed E-state index contributed by atoms with van der Waals surface area (Å²) in [6.45, 7) is 1.97. The maximum atomic E-state index is 12.9. The van der Waals surface area contributed by atoms with Crippen molar-refractivity contribution in [3.05, 3.63) is 76.4 Å². The molecule has 0 atom stereocenters. The Hall–Kier alpha value is -3.32. The Bertz CT molecular complexity index is 1180. The number of fused-ring (bicyclic) bond motifs is 3. The standard InChI is InChI=1S/C21H17N5OS/c1-13-6-9-16(26-12-22-24-25-26)11-18(13)23-21(27)19-10-15-8-7-14-4-2-3-5-17(14)20(15)28-19/h2-6,9-12H,7-8H2,1H3,(H,23,27). The Kier molecular flexibility index (Phi) is 4.02. The van der Waals surface area contributed by atoms with Crippen LogP contribution in [0, 0.1) is 6.92 Å². The third-order valence-corrected chi connectivity index (χ3v) is 6.25. The van der Waals surface area contributed by atoms with Crippen LogP contribution in [0.25, 0.3) is 16.1 Å². The van der Waals surface area contributed by atoms with Crippen LogP contribution in [0.1, 0.15) is 26.4 Å². The summed E-state index contributed by atoms with van der Waals surface area (Å²) in [5.74, 6) is -0.0890. The zero-order valence-corrected chi connectivity index (χ0v) is 16.0. The van der Waals surface area contributed by atoms with E-state index in [-0.39, 0.29) is 5.91 Å². The SMILES string of the molecule is Cc1ccc(-n2cnnn2)cc1NC(=O)c1cc2c(s1)-c1ccccc1CC2. The first kappa shape index (κ1) is 16.8. The highest BCUT2D eigenvalue weighted by Crippen LogP contribution is 2.39. The third-order valence-electron chi connectivity index (χ3n) is 5.04. The van der Waals surface area contributed by atoms with Crippen LogP contribution in [0.15, 0.2) is 54.9 Å². The van der Waals surface area contributed by atoms with E-state index in [0.29, 0.717) is 0 Å². The number of tetrazole rings is 1. The van der Waals surface area contributed by atoms with E-state index in [4.69, 9.17) is 0 Å². The summed E-state index contributed by atoms with van der Waals surface area (Å²) in [6.07, 6.45) is 3.53. The minimum absolute atomic E-state index is 0.0890. The number of hydrogen-bond acceptors (Lipinski definition) is 5. The monoisotopic (exact) mass is 387 g/mol. The predicted octanol–water partition coefficient (Wildman–Crippen LogP) is 4.05. The van der Waals surface area contributed by atoms with Crippen molar-refractivity contribution in [3.63, 3.8) is 0 Å². The molecule has 5 rings (SSSR count). The molecule has 7 heteroatoms. The molecule has 1 aliphatic carbocycles. The lowest BCUT2D eigenvalue weighted by atomic mass is 9.91. The van der Waals surface area contributed by atoms with Gasteiger partial charge in [0.1, 0.15) is 6.33 Å². The van der Waals surface area contributed by atoms with Crippen molar-refractivity contribution < 1.29 is 4.79 Å². The van der Waals surface area contributed by atoms with Gasteiger partial charge >= 0.3 is 0 Å². The average molecular weight is 387 g/mol. The summed E-state index contributed by atoms with van der Waals surface area (Å²) in [7, 11) is 0. The number of thiophene rings is 1. The highest BCUT2D eigenvalue weighted by molar-refractivity contribution is 7.17. The lowest BCUT2D eigenvalue weighted by Crippen LogP contribution is -2.11. The fourth-order valence-electron chi connectivity index (χ4n) is 3.53. The summed E-state index contributed by atoms with van der Waals surface area (Å²) >= 11 is 1.56. The highest BCUT2D eigenvalue weighted by atomic mass is 32.1. The fraction of sp³-hybridized carbons (Fsp3) is 0.143. The van der Waals surface area contributed by atoms with Crippen LogP contribution in [0.2, 0.25) is 0 Å². The molecule has 0 unspecified atom stereocenters. The van der Waals surface area contributed by atoms with Crippen LogP contribution < -0.4 is 5.32 Å². The quantitative estimate of drug-likeness (QED) is 0.576. The molecule has 6 nitrogen and oxygen atoms in total. The van der Waals surface area contributed by atoms with E-state index < -0.39 is 0 Å². The van der Waals surface area contributed by atoms with Gasteiger partial charge in [-0.05, 0) is 70.6 Å². The number of aryl methyl sites for hydroxylation is 3. The van der Waals surface area contributed by atoms with Crippen LogP contribution in [0.4, 0.5) is 5.69 Å². The van der Waals surface area contributed by atoms with Gasteiger partial charge in [-0.1, -0.05) is 30.3 Å². The molecule has 1 N–H and O–H groups in total. The number of nitrogens with one attached hydrogen (secondary N) is 1. The van der Waals surface area contributed by atoms with Crippen molar-refractivity contribution in [1.82, 2.24) is 20.2 Å². The van der Waals surface area contributed by atoms with Gasteiger partial charge in [-0.2, -0.15) is 0 Å². The lowest BCUT2D eigenvalue weighted by molar-refractivity contribution is 0.103. The van der Waals surface area contributed by atoms with Gasteiger partial charge in [0.2, 0.25) is 0 Å². The molecule has 0 bridgehead atoms. The van der Waals surface area contributed by atoms with Crippen LogP contribution in [0.5, 0.6) is 0 Å². The van der Waals surface area contributed by atoms with E-state index >= 15 is 0 Å². The lowest BCUT2D eigenvalue weighted by Gasteiger charge is -2.15. The average Bonchev–Trinajstić information content (AvgIpc) is 3.39. The topological polar surface area (TPSA) is 72.7 Å². The van der Waals surface area contributed by atoms with Crippen molar-refractivity contribution in [2.24, 2.45) is 0 Å². The van der Waals surface area contributed by atoms with E-state index in [1.54, 1.807) is 16.0 Å². The molecule has 1 aliphatic rings. The Morgan fingerprint density at radius 3 is 2.82 bits per heavy atom.